The molecule has 6 nitrogen and oxygen atoms in total. The number of H-pyrrole nitrogens is 1. The number of nitrogens with zero attached hydrogens (tertiary/aromatic N) is 3. The minimum Gasteiger partial charge on any atom is -0.356 e. The molecule has 2 aromatic carbocycles. The van der Waals surface area contributed by atoms with Crippen molar-refractivity contribution in [1.82, 2.24) is 19.7 Å². The maximum Gasteiger partial charge on any atom is 0.328 e. The maximum absolute atomic E-state index is 13.7. The summed E-state index contributed by atoms with van der Waals surface area (Å²) in [6.45, 7) is 3.57. The zero-order valence-corrected chi connectivity index (χ0v) is 19.0. The van der Waals surface area contributed by atoms with Gasteiger partial charge in [-0.2, -0.15) is 0 Å². The van der Waals surface area contributed by atoms with Crippen molar-refractivity contribution in [2.45, 2.75) is 31.3 Å². The quantitative estimate of drug-likeness (QED) is 0.469. The van der Waals surface area contributed by atoms with Crippen molar-refractivity contribution < 1.29 is 9.59 Å². The molecular weight excluding hydrogens is 412 g/mol. The van der Waals surface area contributed by atoms with Gasteiger partial charge in [-0.15, -0.1) is 6.42 Å². The summed E-state index contributed by atoms with van der Waals surface area (Å²) in [6, 6.07) is 17.6. The summed E-state index contributed by atoms with van der Waals surface area (Å²) >= 11 is 0. The average Bonchev–Trinajstić information content (AvgIpc) is 3.26. The number of carbonyl (C=O) groups excluding carboxylic acids is 2. The van der Waals surface area contributed by atoms with Crippen LogP contribution in [0.15, 0.2) is 54.6 Å². The largest absolute Gasteiger partial charge is 0.356 e. The van der Waals surface area contributed by atoms with E-state index in [9.17, 15) is 9.59 Å². The summed E-state index contributed by atoms with van der Waals surface area (Å²) in [7, 11) is 1.95. The number of aromatic nitrogens is 1. The minimum absolute atomic E-state index is 0.121. The van der Waals surface area contributed by atoms with Crippen LogP contribution in [0.5, 0.6) is 0 Å². The third-order valence-electron chi connectivity index (χ3n) is 6.97. The zero-order valence-electron chi connectivity index (χ0n) is 19.0. The highest BCUT2D eigenvalue weighted by Gasteiger charge is 2.59. The molecule has 1 N–H and O–H groups in total. The zero-order chi connectivity index (χ0) is 23.2. The van der Waals surface area contributed by atoms with Crippen molar-refractivity contribution in [2.24, 2.45) is 0 Å². The fourth-order valence-corrected chi connectivity index (χ4v) is 5.38. The van der Waals surface area contributed by atoms with E-state index in [1.165, 1.54) is 4.90 Å². The Bertz CT molecular complexity index is 1260. The van der Waals surface area contributed by atoms with E-state index in [1.54, 1.807) is 4.90 Å². The fraction of sp³-hybridized carbons (Fsp3) is 0.333. The van der Waals surface area contributed by atoms with Gasteiger partial charge >= 0.3 is 6.03 Å². The van der Waals surface area contributed by atoms with Crippen LogP contribution in [0, 0.1) is 12.3 Å². The molecule has 5 rings (SSSR count). The number of benzene rings is 2. The van der Waals surface area contributed by atoms with Gasteiger partial charge in [0.2, 0.25) is 0 Å². The molecule has 33 heavy (non-hydrogen) atoms. The van der Waals surface area contributed by atoms with Crippen molar-refractivity contribution in [3.63, 3.8) is 0 Å². The Hall–Kier alpha value is -3.56. The lowest BCUT2D eigenvalue weighted by Gasteiger charge is -2.42. The van der Waals surface area contributed by atoms with Crippen LogP contribution >= 0.6 is 0 Å². The smallest absolute Gasteiger partial charge is 0.328 e. The van der Waals surface area contributed by atoms with E-state index in [0.717, 1.165) is 34.3 Å². The van der Waals surface area contributed by atoms with Crippen LogP contribution in [0.1, 0.15) is 36.2 Å². The summed E-state index contributed by atoms with van der Waals surface area (Å²) in [4.78, 5) is 36.3. The SMILES string of the molecule is C#CCN(C)CCCN1C(=O)N2C(c3ccccc3)c3[nH]c4ccccc4c3CC2(C)C1=O. The van der Waals surface area contributed by atoms with E-state index in [4.69, 9.17) is 6.42 Å². The Kier molecular flexibility index (Phi) is 5.22. The van der Waals surface area contributed by atoms with Gasteiger partial charge in [-0.05, 0) is 37.6 Å². The van der Waals surface area contributed by atoms with Gasteiger partial charge in [0.05, 0.1) is 6.54 Å². The first kappa shape index (κ1) is 21.3. The number of carbonyl (C=O) groups is 2. The molecule has 6 heteroatoms. The molecule has 0 spiro atoms. The third-order valence-corrected chi connectivity index (χ3v) is 6.97. The number of amides is 3. The normalized spacial score (nSPS) is 22.1. The molecule has 1 aromatic heterocycles. The molecule has 2 atom stereocenters. The van der Waals surface area contributed by atoms with Gasteiger partial charge in [-0.1, -0.05) is 54.5 Å². The molecule has 3 heterocycles. The monoisotopic (exact) mass is 440 g/mol. The van der Waals surface area contributed by atoms with E-state index in [-0.39, 0.29) is 18.0 Å². The van der Waals surface area contributed by atoms with Crippen LogP contribution in [-0.2, 0) is 11.2 Å². The number of rotatable bonds is 6. The molecule has 1 fully saturated rings. The second-order valence-corrected chi connectivity index (χ2v) is 9.23. The highest BCUT2D eigenvalue weighted by Crippen LogP contribution is 2.48. The summed E-state index contributed by atoms with van der Waals surface area (Å²) in [5.74, 6) is 2.50. The molecule has 2 aliphatic rings. The Balaban J connectivity index is 1.55. The van der Waals surface area contributed by atoms with Crippen LogP contribution < -0.4 is 0 Å². The number of terminal acetylenes is 1. The number of imide groups is 1. The Labute approximate surface area is 194 Å². The van der Waals surface area contributed by atoms with Crippen molar-refractivity contribution in [2.75, 3.05) is 26.7 Å². The molecule has 3 amide bonds. The predicted molar refractivity (Wildman–Crippen MR) is 129 cm³/mol. The lowest BCUT2D eigenvalue weighted by molar-refractivity contribution is -0.133. The van der Waals surface area contributed by atoms with Crippen LogP contribution in [0.2, 0.25) is 0 Å². The molecule has 0 bridgehead atoms. The van der Waals surface area contributed by atoms with Crippen molar-refractivity contribution >= 4 is 22.8 Å². The summed E-state index contributed by atoms with van der Waals surface area (Å²) in [5.41, 5.74) is 3.21. The predicted octanol–water partition coefficient (Wildman–Crippen LogP) is 3.79. The molecule has 2 unspecified atom stereocenters. The third kappa shape index (κ3) is 3.32. The molecule has 3 aromatic rings. The van der Waals surface area contributed by atoms with Gasteiger partial charge in [0.25, 0.3) is 5.91 Å². The molecule has 1 saturated heterocycles. The van der Waals surface area contributed by atoms with Crippen molar-refractivity contribution in [3.8, 4) is 12.3 Å². The van der Waals surface area contributed by atoms with E-state index in [2.05, 4.69) is 17.0 Å². The molecule has 0 radical (unpaired) electrons. The van der Waals surface area contributed by atoms with E-state index in [1.807, 2.05) is 67.4 Å². The minimum atomic E-state index is -0.930. The van der Waals surface area contributed by atoms with E-state index >= 15 is 0 Å². The lowest BCUT2D eigenvalue weighted by Crippen LogP contribution is -2.53. The molecule has 0 aliphatic carbocycles. The number of para-hydroxylation sites is 1. The van der Waals surface area contributed by atoms with E-state index in [0.29, 0.717) is 25.9 Å². The van der Waals surface area contributed by atoms with Gasteiger partial charge in [0.1, 0.15) is 11.6 Å². The van der Waals surface area contributed by atoms with Crippen LogP contribution in [0.4, 0.5) is 4.79 Å². The molecule has 168 valence electrons. The highest BCUT2D eigenvalue weighted by molar-refractivity contribution is 6.08. The Morgan fingerprint density at radius 1 is 1.15 bits per heavy atom. The van der Waals surface area contributed by atoms with Crippen LogP contribution in [-0.4, -0.2) is 63.8 Å². The molecule has 2 aliphatic heterocycles. The number of nitrogens with one attached hydrogen (secondary N) is 1. The van der Waals surface area contributed by atoms with Crippen molar-refractivity contribution in [3.05, 3.63) is 71.4 Å². The first-order valence-electron chi connectivity index (χ1n) is 11.4. The van der Waals surface area contributed by atoms with Gasteiger partial charge in [0, 0.05) is 36.1 Å². The second kappa shape index (κ2) is 8.09. The summed E-state index contributed by atoms with van der Waals surface area (Å²) < 4.78 is 0. The average molecular weight is 441 g/mol. The van der Waals surface area contributed by atoms with E-state index < -0.39 is 5.54 Å². The topological polar surface area (TPSA) is 59.6 Å². The van der Waals surface area contributed by atoms with Gasteiger partial charge < -0.3 is 4.98 Å². The summed E-state index contributed by atoms with van der Waals surface area (Å²) in [6.07, 6.45) is 6.56. The number of aromatic amines is 1. The Morgan fingerprint density at radius 2 is 1.88 bits per heavy atom. The maximum atomic E-state index is 13.7. The number of fused-ring (bicyclic) bond motifs is 4. The molecular formula is C27H28N4O2. The number of hydrogen-bond donors (Lipinski definition) is 1. The van der Waals surface area contributed by atoms with Crippen LogP contribution in [0.25, 0.3) is 10.9 Å². The van der Waals surface area contributed by atoms with Crippen molar-refractivity contribution in [1.29, 1.82) is 0 Å². The highest BCUT2D eigenvalue weighted by atomic mass is 16.2. The number of urea groups is 1. The molecule has 0 saturated carbocycles. The van der Waals surface area contributed by atoms with Gasteiger partial charge in [0.15, 0.2) is 0 Å². The fourth-order valence-electron chi connectivity index (χ4n) is 5.38. The lowest BCUT2D eigenvalue weighted by atomic mass is 9.81. The second-order valence-electron chi connectivity index (χ2n) is 9.23. The first-order chi connectivity index (χ1) is 16.0. The first-order valence-corrected chi connectivity index (χ1v) is 11.4. The van der Waals surface area contributed by atoms with Gasteiger partial charge in [-0.25, -0.2) is 4.79 Å². The number of hydrogen-bond acceptors (Lipinski definition) is 3. The standard InChI is InChI=1S/C27H28N4O2/c1-4-15-29(3)16-10-17-30-25(32)27(2)18-21-20-13-8-9-14-22(20)28-23(21)24(31(27)26(30)33)19-11-6-5-7-12-19/h1,5-9,11-14,24,28H,10,15-18H2,2-3H3. The van der Waals surface area contributed by atoms with Crippen LogP contribution in [0.3, 0.4) is 0 Å². The summed E-state index contributed by atoms with van der Waals surface area (Å²) in [5, 5.41) is 1.11. The van der Waals surface area contributed by atoms with Gasteiger partial charge in [-0.3, -0.25) is 19.5 Å². The Morgan fingerprint density at radius 3 is 2.64 bits per heavy atom.